The van der Waals surface area contributed by atoms with E-state index in [0.717, 1.165) is 11.2 Å². The van der Waals surface area contributed by atoms with E-state index in [2.05, 4.69) is 35.9 Å². The Labute approximate surface area is 64.8 Å². The van der Waals surface area contributed by atoms with E-state index in [1.807, 2.05) is 0 Å². The molecule has 2 aromatic rings. The van der Waals surface area contributed by atoms with Crippen LogP contribution in [-0.4, -0.2) is 19.9 Å². The van der Waals surface area contributed by atoms with Crippen LogP contribution in [0.15, 0.2) is 17.3 Å². The summed E-state index contributed by atoms with van der Waals surface area (Å²) in [4.78, 5) is 14.7. The van der Waals surface area contributed by atoms with Crippen molar-refractivity contribution in [3.63, 3.8) is 0 Å². The number of nitrogens with zero attached hydrogens (tertiary/aromatic N) is 3. The number of hydrogen-bond acceptors (Lipinski definition) is 3. The summed E-state index contributed by atoms with van der Waals surface area (Å²) >= 11 is 3.19. The van der Waals surface area contributed by atoms with Gasteiger partial charge in [-0.1, -0.05) is 0 Å². The molecule has 0 aliphatic heterocycles. The standard InChI is InChI=1S/C5H3BrN4/c6-5-9-3-1-7-2-8-4(3)10-5/h1-2H,(H,7,8,9,10). The smallest absolute Gasteiger partial charge is 0.176 e. The molecule has 0 aliphatic rings. The molecule has 0 saturated heterocycles. The number of H-pyrrole nitrogens is 1. The Bertz CT molecular complexity index is 322. The molecule has 0 bridgehead atoms. The Hall–Kier alpha value is -0.970. The largest absolute Gasteiger partial charge is 0.317 e. The summed E-state index contributed by atoms with van der Waals surface area (Å²) in [5.41, 5.74) is 1.52. The number of fused-ring (bicyclic) bond motifs is 1. The van der Waals surface area contributed by atoms with Gasteiger partial charge in [0.05, 0.1) is 6.20 Å². The first-order valence-electron chi connectivity index (χ1n) is 2.67. The van der Waals surface area contributed by atoms with Crippen LogP contribution >= 0.6 is 15.9 Å². The molecule has 0 aliphatic carbocycles. The maximum atomic E-state index is 4.05. The highest BCUT2D eigenvalue weighted by molar-refractivity contribution is 9.10. The highest BCUT2D eigenvalue weighted by Gasteiger charge is 1.97. The summed E-state index contributed by atoms with van der Waals surface area (Å²) in [6.07, 6.45) is 3.14. The normalized spacial score (nSPS) is 10.5. The van der Waals surface area contributed by atoms with Crippen LogP contribution in [0.4, 0.5) is 0 Å². The van der Waals surface area contributed by atoms with E-state index in [0.29, 0.717) is 4.73 Å². The van der Waals surface area contributed by atoms with Gasteiger partial charge >= 0.3 is 0 Å². The molecule has 5 heteroatoms. The van der Waals surface area contributed by atoms with Crippen molar-refractivity contribution in [3.05, 3.63) is 17.3 Å². The first-order valence-corrected chi connectivity index (χ1v) is 3.47. The van der Waals surface area contributed by atoms with Crippen LogP contribution in [0.25, 0.3) is 11.2 Å². The molecule has 0 fully saturated rings. The molecular weight excluding hydrogens is 196 g/mol. The zero-order chi connectivity index (χ0) is 6.97. The van der Waals surface area contributed by atoms with Crippen LogP contribution in [0.3, 0.4) is 0 Å². The number of imidazole rings is 1. The number of nitrogens with one attached hydrogen (secondary N) is 1. The van der Waals surface area contributed by atoms with Gasteiger partial charge in [0.15, 0.2) is 10.4 Å². The van der Waals surface area contributed by atoms with E-state index >= 15 is 0 Å². The van der Waals surface area contributed by atoms with E-state index in [-0.39, 0.29) is 0 Å². The van der Waals surface area contributed by atoms with Crippen LogP contribution in [0.5, 0.6) is 0 Å². The summed E-state index contributed by atoms with van der Waals surface area (Å²) in [6.45, 7) is 0. The Kier molecular flexibility index (Phi) is 1.17. The minimum atomic E-state index is 0.683. The second-order valence-corrected chi connectivity index (χ2v) is 2.54. The quantitative estimate of drug-likeness (QED) is 0.646. The van der Waals surface area contributed by atoms with Crippen molar-refractivity contribution in [3.8, 4) is 0 Å². The number of aromatic amines is 1. The number of halogens is 1. The molecule has 2 rings (SSSR count). The van der Waals surface area contributed by atoms with Crippen LogP contribution in [0.1, 0.15) is 0 Å². The molecule has 0 spiro atoms. The van der Waals surface area contributed by atoms with Gasteiger partial charge in [-0.3, -0.25) is 0 Å². The maximum Gasteiger partial charge on any atom is 0.176 e. The van der Waals surface area contributed by atoms with E-state index in [1.54, 1.807) is 6.20 Å². The van der Waals surface area contributed by atoms with Crippen molar-refractivity contribution < 1.29 is 0 Å². The number of aromatic nitrogens is 4. The molecule has 0 amide bonds. The van der Waals surface area contributed by atoms with Gasteiger partial charge in [-0.25, -0.2) is 15.0 Å². The monoisotopic (exact) mass is 198 g/mol. The van der Waals surface area contributed by atoms with Gasteiger partial charge in [0.1, 0.15) is 11.8 Å². The van der Waals surface area contributed by atoms with Crippen molar-refractivity contribution >= 4 is 27.1 Å². The Morgan fingerprint density at radius 1 is 1.50 bits per heavy atom. The fraction of sp³-hybridized carbons (Fsp3) is 0. The molecule has 0 aromatic carbocycles. The molecule has 4 nitrogen and oxygen atoms in total. The van der Waals surface area contributed by atoms with Gasteiger partial charge in [-0.05, 0) is 15.9 Å². The van der Waals surface area contributed by atoms with Gasteiger partial charge in [0.2, 0.25) is 0 Å². The molecule has 10 heavy (non-hydrogen) atoms. The molecule has 0 radical (unpaired) electrons. The summed E-state index contributed by atoms with van der Waals surface area (Å²) in [7, 11) is 0. The molecular formula is C5H3BrN4. The van der Waals surface area contributed by atoms with Gasteiger partial charge in [0, 0.05) is 0 Å². The van der Waals surface area contributed by atoms with Crippen LogP contribution < -0.4 is 0 Å². The highest BCUT2D eigenvalue weighted by atomic mass is 79.9. The molecule has 50 valence electrons. The van der Waals surface area contributed by atoms with Crippen molar-refractivity contribution in [2.45, 2.75) is 0 Å². The zero-order valence-electron chi connectivity index (χ0n) is 4.87. The van der Waals surface area contributed by atoms with E-state index < -0.39 is 0 Å². The van der Waals surface area contributed by atoms with E-state index in [1.165, 1.54) is 6.33 Å². The third-order valence-corrected chi connectivity index (χ3v) is 1.51. The third kappa shape index (κ3) is 0.786. The van der Waals surface area contributed by atoms with Crippen molar-refractivity contribution in [2.75, 3.05) is 0 Å². The number of rotatable bonds is 0. The predicted molar refractivity (Wildman–Crippen MR) is 39.4 cm³/mol. The average molecular weight is 199 g/mol. The lowest BCUT2D eigenvalue weighted by atomic mass is 10.6. The summed E-state index contributed by atoms with van der Waals surface area (Å²) in [6, 6.07) is 0. The second kappa shape index (κ2) is 2.02. The zero-order valence-corrected chi connectivity index (χ0v) is 6.46. The molecule has 2 heterocycles. The van der Waals surface area contributed by atoms with Crippen LogP contribution in [0, 0.1) is 0 Å². The lowest BCUT2D eigenvalue weighted by Gasteiger charge is -1.80. The third-order valence-electron chi connectivity index (χ3n) is 1.13. The predicted octanol–water partition coefficient (Wildman–Crippen LogP) is 1.12. The Morgan fingerprint density at radius 3 is 3.20 bits per heavy atom. The van der Waals surface area contributed by atoms with Crippen LogP contribution in [0.2, 0.25) is 0 Å². The van der Waals surface area contributed by atoms with Crippen molar-refractivity contribution in [1.82, 2.24) is 19.9 Å². The second-order valence-electron chi connectivity index (χ2n) is 1.78. The van der Waals surface area contributed by atoms with E-state index in [9.17, 15) is 0 Å². The first-order chi connectivity index (χ1) is 4.86. The molecule has 0 unspecified atom stereocenters. The van der Waals surface area contributed by atoms with Crippen molar-refractivity contribution in [2.24, 2.45) is 0 Å². The summed E-state index contributed by atoms with van der Waals surface area (Å²) in [5.74, 6) is 0. The molecule has 0 saturated carbocycles. The fourth-order valence-electron chi connectivity index (χ4n) is 0.732. The first kappa shape index (κ1) is 5.79. The lowest BCUT2D eigenvalue weighted by Crippen LogP contribution is -1.76. The summed E-state index contributed by atoms with van der Waals surface area (Å²) < 4.78 is 0.683. The van der Waals surface area contributed by atoms with Crippen LogP contribution in [-0.2, 0) is 0 Å². The minimum Gasteiger partial charge on any atom is -0.317 e. The summed E-state index contributed by atoms with van der Waals surface area (Å²) in [5, 5.41) is 0. The average Bonchev–Trinajstić information content (AvgIpc) is 2.27. The van der Waals surface area contributed by atoms with Gasteiger partial charge in [0.25, 0.3) is 0 Å². The van der Waals surface area contributed by atoms with Gasteiger partial charge < -0.3 is 4.98 Å². The maximum absolute atomic E-state index is 4.05. The molecule has 1 N–H and O–H groups in total. The van der Waals surface area contributed by atoms with E-state index in [4.69, 9.17) is 0 Å². The van der Waals surface area contributed by atoms with Gasteiger partial charge in [-0.2, -0.15) is 0 Å². The molecule has 2 aromatic heterocycles. The minimum absolute atomic E-state index is 0.683. The van der Waals surface area contributed by atoms with Crippen molar-refractivity contribution in [1.29, 1.82) is 0 Å². The Morgan fingerprint density at radius 2 is 2.40 bits per heavy atom. The SMILES string of the molecule is Brc1nc2cncnc2[nH]1. The number of hydrogen-bond donors (Lipinski definition) is 1. The lowest BCUT2D eigenvalue weighted by molar-refractivity contribution is 1.20. The molecule has 0 atom stereocenters. The topological polar surface area (TPSA) is 54.5 Å². The highest BCUT2D eigenvalue weighted by Crippen LogP contribution is 2.09. The Balaban J connectivity index is 2.88. The van der Waals surface area contributed by atoms with Gasteiger partial charge in [-0.15, -0.1) is 0 Å². The fourth-order valence-corrected chi connectivity index (χ4v) is 1.11.